The molecule has 4 atom stereocenters. The maximum absolute atomic E-state index is 14.2. The summed E-state index contributed by atoms with van der Waals surface area (Å²) in [6.07, 6.45) is 8.73. The highest BCUT2D eigenvalue weighted by molar-refractivity contribution is 5.85. The van der Waals surface area contributed by atoms with Crippen molar-refractivity contribution in [2.75, 3.05) is 40.3 Å². The van der Waals surface area contributed by atoms with Gasteiger partial charge >= 0.3 is 0 Å². The van der Waals surface area contributed by atoms with Gasteiger partial charge in [-0.2, -0.15) is 0 Å². The van der Waals surface area contributed by atoms with E-state index in [1.165, 1.54) is 0 Å². The minimum atomic E-state index is -0.594. The van der Waals surface area contributed by atoms with Crippen molar-refractivity contribution < 1.29 is 19.1 Å². The Balaban J connectivity index is 0.932. The lowest BCUT2D eigenvalue weighted by molar-refractivity contribution is -0.142. The van der Waals surface area contributed by atoms with Crippen LogP contribution in [0.5, 0.6) is 0 Å². The van der Waals surface area contributed by atoms with Gasteiger partial charge in [0.2, 0.25) is 11.8 Å². The summed E-state index contributed by atoms with van der Waals surface area (Å²) in [5.74, 6) is 1.49. The molecule has 3 aliphatic rings. The van der Waals surface area contributed by atoms with E-state index in [-0.39, 0.29) is 42.5 Å². The zero-order valence-electron chi connectivity index (χ0n) is 31.4. The number of benzene rings is 3. The van der Waals surface area contributed by atoms with Gasteiger partial charge in [0.05, 0.1) is 36.2 Å². The van der Waals surface area contributed by atoms with Gasteiger partial charge in [0.15, 0.2) is 0 Å². The number of carbonyl (C=O) groups excluding carboxylic acids is 3. The number of carbonyl (C=O) groups is 3. The third-order valence-electron chi connectivity index (χ3n) is 11.3. The maximum atomic E-state index is 14.2. The molecular weight excluding hydrogens is 693 g/mol. The van der Waals surface area contributed by atoms with E-state index in [1.807, 2.05) is 64.5 Å². The fourth-order valence-electron chi connectivity index (χ4n) is 8.35. The Morgan fingerprint density at radius 1 is 0.836 bits per heavy atom. The van der Waals surface area contributed by atoms with Crippen LogP contribution in [0.4, 0.5) is 0 Å². The van der Waals surface area contributed by atoms with Crippen molar-refractivity contribution in [3.8, 4) is 33.6 Å². The summed E-state index contributed by atoms with van der Waals surface area (Å²) in [7, 11) is 3.42. The monoisotopic (exact) mass is 740 g/mol. The topological polar surface area (TPSA) is 140 Å². The molecule has 0 saturated carbocycles. The van der Waals surface area contributed by atoms with Gasteiger partial charge in [-0.1, -0.05) is 78.9 Å². The number of likely N-dealkylation sites (N-methyl/N-ethyl adjacent to an activating group) is 2. The van der Waals surface area contributed by atoms with Crippen LogP contribution in [0.3, 0.4) is 0 Å². The van der Waals surface area contributed by atoms with Gasteiger partial charge in [0.1, 0.15) is 23.8 Å². The Bertz CT molecular complexity index is 2110. The smallest absolute Gasteiger partial charge is 0.252 e. The number of amides is 3. The van der Waals surface area contributed by atoms with Crippen molar-refractivity contribution in [1.82, 2.24) is 40.0 Å². The van der Waals surface area contributed by atoms with Crippen molar-refractivity contribution >= 4 is 17.7 Å². The van der Waals surface area contributed by atoms with E-state index in [4.69, 9.17) is 14.7 Å². The molecule has 284 valence electrons. The number of hydrogen-bond acceptors (Lipinski definition) is 7. The SMILES string of the molecule is CNC(=O)CN(C)[C@@H](C(=O)N1CCC[C@H]1c1ncc(-c2ccc(-c3ccc(-c4c[nH]c([C@@H]5CCCN5C(=O)[C@H]5CCCO5)n4)cc3)cc2)[nH]1)c1ccccc1. The predicted octanol–water partition coefficient (Wildman–Crippen LogP) is 6.06. The molecule has 0 aliphatic carbocycles. The molecule has 0 radical (unpaired) electrons. The average molecular weight is 741 g/mol. The summed E-state index contributed by atoms with van der Waals surface area (Å²) in [5, 5.41) is 2.67. The van der Waals surface area contributed by atoms with E-state index in [0.29, 0.717) is 13.2 Å². The zero-order valence-corrected chi connectivity index (χ0v) is 31.4. The van der Waals surface area contributed by atoms with Crippen molar-refractivity contribution in [2.24, 2.45) is 0 Å². The minimum Gasteiger partial charge on any atom is -0.368 e. The highest BCUT2D eigenvalue weighted by atomic mass is 16.5. The van der Waals surface area contributed by atoms with E-state index in [0.717, 1.165) is 95.9 Å². The third-order valence-corrected chi connectivity index (χ3v) is 11.3. The van der Waals surface area contributed by atoms with Crippen LogP contribution in [0, 0.1) is 0 Å². The largest absolute Gasteiger partial charge is 0.368 e. The van der Waals surface area contributed by atoms with Gasteiger partial charge in [-0.3, -0.25) is 19.3 Å². The van der Waals surface area contributed by atoms with Gasteiger partial charge in [-0.05, 0) is 67.8 Å². The molecule has 5 heterocycles. The van der Waals surface area contributed by atoms with E-state index in [1.54, 1.807) is 7.05 Å². The first-order chi connectivity index (χ1) is 26.9. The van der Waals surface area contributed by atoms with Crippen LogP contribution in [-0.2, 0) is 19.1 Å². The molecule has 12 nitrogen and oxygen atoms in total. The van der Waals surface area contributed by atoms with E-state index in [2.05, 4.69) is 63.8 Å². The van der Waals surface area contributed by atoms with Crippen molar-refractivity contribution in [3.63, 3.8) is 0 Å². The van der Waals surface area contributed by atoms with Crippen LogP contribution < -0.4 is 5.32 Å². The van der Waals surface area contributed by atoms with Crippen LogP contribution in [0.15, 0.2) is 91.3 Å². The highest BCUT2D eigenvalue weighted by Crippen LogP contribution is 2.37. The Kier molecular flexibility index (Phi) is 10.6. The molecule has 3 aromatic carbocycles. The summed E-state index contributed by atoms with van der Waals surface area (Å²) >= 11 is 0. The molecule has 2 aromatic heterocycles. The van der Waals surface area contributed by atoms with Crippen molar-refractivity contribution in [1.29, 1.82) is 0 Å². The number of hydrogen-bond donors (Lipinski definition) is 3. The Labute approximate surface area is 321 Å². The van der Waals surface area contributed by atoms with Gasteiger partial charge in [0, 0.05) is 38.5 Å². The van der Waals surface area contributed by atoms with E-state index < -0.39 is 6.04 Å². The lowest BCUT2D eigenvalue weighted by Gasteiger charge is -2.33. The first-order valence-electron chi connectivity index (χ1n) is 19.4. The summed E-state index contributed by atoms with van der Waals surface area (Å²) in [5.41, 5.74) is 6.80. The number of H-pyrrole nitrogens is 2. The quantitative estimate of drug-likeness (QED) is 0.150. The van der Waals surface area contributed by atoms with E-state index >= 15 is 0 Å². The fourth-order valence-corrected chi connectivity index (χ4v) is 8.35. The highest BCUT2D eigenvalue weighted by Gasteiger charge is 2.39. The molecule has 0 unspecified atom stereocenters. The Morgan fingerprint density at radius 3 is 2.16 bits per heavy atom. The van der Waals surface area contributed by atoms with Crippen LogP contribution in [0.2, 0.25) is 0 Å². The van der Waals surface area contributed by atoms with E-state index in [9.17, 15) is 14.4 Å². The molecule has 3 amide bonds. The second kappa shape index (κ2) is 16.0. The lowest BCUT2D eigenvalue weighted by Crippen LogP contribution is -2.44. The number of ether oxygens (including phenoxy) is 1. The predicted molar refractivity (Wildman–Crippen MR) is 209 cm³/mol. The summed E-state index contributed by atoms with van der Waals surface area (Å²) in [6, 6.07) is 25.6. The summed E-state index contributed by atoms with van der Waals surface area (Å²) in [6.45, 7) is 2.14. The normalized spacial score (nSPS) is 20.3. The molecule has 5 aromatic rings. The van der Waals surface area contributed by atoms with Gasteiger partial charge < -0.3 is 29.8 Å². The molecule has 0 bridgehead atoms. The molecular formula is C43H48N8O4. The molecule has 3 N–H and O–H groups in total. The molecule has 8 rings (SSSR count). The number of aromatic amines is 2. The van der Waals surface area contributed by atoms with Gasteiger partial charge in [0.25, 0.3) is 5.91 Å². The van der Waals surface area contributed by atoms with Crippen molar-refractivity contribution in [2.45, 2.75) is 62.8 Å². The maximum Gasteiger partial charge on any atom is 0.252 e. The molecule has 3 saturated heterocycles. The van der Waals surface area contributed by atoms with Crippen molar-refractivity contribution in [3.05, 3.63) is 108 Å². The third kappa shape index (κ3) is 7.56. The Morgan fingerprint density at radius 2 is 1.49 bits per heavy atom. The number of nitrogens with zero attached hydrogens (tertiary/aromatic N) is 5. The second-order valence-corrected chi connectivity index (χ2v) is 14.8. The average Bonchev–Trinajstić information content (AvgIpc) is 4.07. The molecule has 55 heavy (non-hydrogen) atoms. The molecule has 3 fully saturated rings. The number of nitrogens with one attached hydrogen (secondary N) is 3. The standard InChI is InChI=1S/C43H48N8O4/c1-44-38(52)27-49(2)39(32-9-4-3-5-10-32)43(54)51-23-7-12-36(51)41-46-26-34(48-41)31-20-16-29(17-21-31)28-14-18-30(19-15-28)33-25-45-40(47-33)35-11-6-22-50(35)42(53)37-13-8-24-55-37/h3-5,9-10,14-21,25-26,35-37,39H,6-8,11-13,22-24,27H2,1-2H3,(H,44,52)(H,45,47)(H,46,48)/t35-,36-,37+,39+/m0/s1. The number of aromatic nitrogens is 4. The lowest BCUT2D eigenvalue weighted by atomic mass is 10.0. The molecule has 0 spiro atoms. The first kappa shape index (κ1) is 36.4. The zero-order chi connectivity index (χ0) is 37.9. The second-order valence-electron chi connectivity index (χ2n) is 14.8. The van der Waals surface area contributed by atoms with Crippen LogP contribution in [0.25, 0.3) is 33.6 Å². The van der Waals surface area contributed by atoms with Crippen LogP contribution in [-0.4, -0.2) is 98.8 Å². The number of imidazole rings is 2. The van der Waals surface area contributed by atoms with Gasteiger partial charge in [-0.25, -0.2) is 9.97 Å². The molecule has 12 heteroatoms. The first-order valence-corrected chi connectivity index (χ1v) is 19.4. The fraction of sp³-hybridized carbons (Fsp3) is 0.372. The minimum absolute atomic E-state index is 0.0387. The number of likely N-dealkylation sites (tertiary alicyclic amines) is 2. The van der Waals surface area contributed by atoms with Gasteiger partial charge in [-0.15, -0.1) is 0 Å². The Hall–Kier alpha value is -5.59. The van der Waals surface area contributed by atoms with Crippen LogP contribution >= 0.6 is 0 Å². The van der Waals surface area contributed by atoms with Crippen LogP contribution in [0.1, 0.15) is 73.9 Å². The summed E-state index contributed by atoms with van der Waals surface area (Å²) < 4.78 is 5.68. The summed E-state index contributed by atoms with van der Waals surface area (Å²) in [4.78, 5) is 61.8. The molecule has 3 aliphatic heterocycles. The number of rotatable bonds is 11.